The summed E-state index contributed by atoms with van der Waals surface area (Å²) in [5.74, 6) is -0.802. The summed E-state index contributed by atoms with van der Waals surface area (Å²) in [6, 6.07) is 9.29. The van der Waals surface area contributed by atoms with Crippen molar-refractivity contribution in [1.82, 2.24) is 4.98 Å². The second-order valence-corrected chi connectivity index (χ2v) is 4.36. The van der Waals surface area contributed by atoms with E-state index in [4.69, 9.17) is 9.84 Å². The Morgan fingerprint density at radius 3 is 2.74 bits per heavy atom. The van der Waals surface area contributed by atoms with Gasteiger partial charge in [-0.1, -0.05) is 18.2 Å². The van der Waals surface area contributed by atoms with E-state index in [0.717, 1.165) is 5.56 Å². The van der Waals surface area contributed by atoms with Gasteiger partial charge in [-0.15, -0.1) is 0 Å². The van der Waals surface area contributed by atoms with Crippen LogP contribution in [-0.4, -0.2) is 16.1 Å². The van der Waals surface area contributed by atoms with Crippen LogP contribution in [0.5, 0.6) is 5.75 Å². The van der Waals surface area contributed by atoms with E-state index in [-0.39, 0.29) is 11.4 Å². The number of rotatable bonds is 4. The van der Waals surface area contributed by atoms with Crippen LogP contribution in [0.1, 0.15) is 27.2 Å². The van der Waals surface area contributed by atoms with Crippen molar-refractivity contribution in [3.8, 4) is 5.75 Å². The van der Waals surface area contributed by atoms with Gasteiger partial charge in [0.05, 0.1) is 0 Å². The van der Waals surface area contributed by atoms with Crippen LogP contribution in [0.3, 0.4) is 0 Å². The van der Waals surface area contributed by atoms with Crippen molar-refractivity contribution >= 4 is 5.97 Å². The summed E-state index contributed by atoms with van der Waals surface area (Å²) >= 11 is 0. The molecule has 19 heavy (non-hydrogen) atoms. The Morgan fingerprint density at radius 2 is 2.05 bits per heavy atom. The zero-order valence-corrected chi connectivity index (χ0v) is 10.9. The van der Waals surface area contributed by atoms with Crippen LogP contribution in [0.2, 0.25) is 0 Å². The first-order valence-corrected chi connectivity index (χ1v) is 5.95. The number of carboxylic acids is 1. The van der Waals surface area contributed by atoms with E-state index < -0.39 is 5.97 Å². The standard InChI is InChI=1S/C15H15NO3/c1-10-5-6-12(8-11(10)2)9-19-13-4-3-7-16-14(13)15(17)18/h3-8H,9H2,1-2H3,(H,17,18). The lowest BCUT2D eigenvalue weighted by molar-refractivity contribution is 0.0685. The van der Waals surface area contributed by atoms with Gasteiger partial charge in [-0.3, -0.25) is 0 Å². The van der Waals surface area contributed by atoms with Crippen LogP contribution in [-0.2, 0) is 6.61 Å². The topological polar surface area (TPSA) is 59.4 Å². The third-order valence-electron chi connectivity index (χ3n) is 2.94. The number of carboxylic acid groups (broad SMARTS) is 1. The maximum absolute atomic E-state index is 11.0. The SMILES string of the molecule is Cc1ccc(COc2cccnc2C(=O)O)cc1C. The number of aryl methyl sites for hydroxylation is 2. The fourth-order valence-corrected chi connectivity index (χ4v) is 1.72. The molecule has 0 fully saturated rings. The molecule has 0 amide bonds. The van der Waals surface area contributed by atoms with Gasteiger partial charge in [0.2, 0.25) is 0 Å². The zero-order valence-electron chi connectivity index (χ0n) is 10.9. The number of nitrogens with zero attached hydrogens (tertiary/aromatic N) is 1. The third-order valence-corrected chi connectivity index (χ3v) is 2.94. The highest BCUT2D eigenvalue weighted by Gasteiger charge is 2.12. The summed E-state index contributed by atoms with van der Waals surface area (Å²) in [5.41, 5.74) is 3.34. The smallest absolute Gasteiger partial charge is 0.358 e. The number of pyridine rings is 1. The average molecular weight is 257 g/mol. The monoisotopic (exact) mass is 257 g/mol. The summed E-state index contributed by atoms with van der Waals surface area (Å²) in [4.78, 5) is 14.8. The summed E-state index contributed by atoms with van der Waals surface area (Å²) in [6.45, 7) is 4.41. The van der Waals surface area contributed by atoms with Crippen LogP contribution < -0.4 is 4.74 Å². The van der Waals surface area contributed by atoms with Crippen molar-refractivity contribution in [1.29, 1.82) is 0 Å². The Kier molecular flexibility index (Phi) is 3.80. The molecule has 1 heterocycles. The summed E-state index contributed by atoms with van der Waals surface area (Å²) in [6.07, 6.45) is 1.44. The van der Waals surface area contributed by atoms with Gasteiger partial charge in [-0.05, 0) is 42.7 Å². The first-order valence-electron chi connectivity index (χ1n) is 5.95. The Hall–Kier alpha value is -2.36. The van der Waals surface area contributed by atoms with E-state index in [1.807, 2.05) is 32.0 Å². The maximum atomic E-state index is 11.0. The average Bonchev–Trinajstić information content (AvgIpc) is 2.40. The molecular formula is C15H15NO3. The van der Waals surface area contributed by atoms with Gasteiger partial charge >= 0.3 is 5.97 Å². The molecule has 1 N–H and O–H groups in total. The Labute approximate surface area is 111 Å². The number of hydrogen-bond acceptors (Lipinski definition) is 3. The van der Waals surface area contributed by atoms with Crippen molar-refractivity contribution in [2.75, 3.05) is 0 Å². The number of hydrogen-bond donors (Lipinski definition) is 1. The fourth-order valence-electron chi connectivity index (χ4n) is 1.72. The second-order valence-electron chi connectivity index (χ2n) is 4.36. The normalized spacial score (nSPS) is 10.2. The van der Waals surface area contributed by atoms with E-state index in [9.17, 15) is 4.79 Å². The first-order chi connectivity index (χ1) is 9.08. The fraction of sp³-hybridized carbons (Fsp3) is 0.200. The predicted molar refractivity (Wildman–Crippen MR) is 71.4 cm³/mol. The van der Waals surface area contributed by atoms with Crippen molar-refractivity contribution in [2.45, 2.75) is 20.5 Å². The molecule has 0 aliphatic rings. The Bertz CT molecular complexity index is 608. The van der Waals surface area contributed by atoms with Crippen molar-refractivity contribution in [3.05, 3.63) is 58.9 Å². The summed E-state index contributed by atoms with van der Waals surface area (Å²) < 4.78 is 5.54. The Morgan fingerprint density at radius 1 is 1.26 bits per heavy atom. The first kappa shape index (κ1) is 13.1. The zero-order chi connectivity index (χ0) is 13.8. The molecule has 1 aromatic heterocycles. The number of aromatic carboxylic acids is 1. The largest absolute Gasteiger partial charge is 0.486 e. The molecule has 0 unspecified atom stereocenters. The van der Waals surface area contributed by atoms with Crippen LogP contribution in [0, 0.1) is 13.8 Å². The lowest BCUT2D eigenvalue weighted by Gasteiger charge is -2.09. The molecule has 0 saturated heterocycles. The molecule has 0 radical (unpaired) electrons. The van der Waals surface area contributed by atoms with Crippen LogP contribution >= 0.6 is 0 Å². The molecule has 0 aliphatic heterocycles. The minimum absolute atomic E-state index is 0.0636. The highest BCUT2D eigenvalue weighted by Crippen LogP contribution is 2.18. The molecule has 1 aromatic carbocycles. The van der Waals surface area contributed by atoms with E-state index in [1.165, 1.54) is 17.3 Å². The van der Waals surface area contributed by atoms with Crippen molar-refractivity contribution in [2.24, 2.45) is 0 Å². The number of ether oxygens (including phenoxy) is 1. The van der Waals surface area contributed by atoms with E-state index in [0.29, 0.717) is 6.61 Å². The molecule has 0 spiro atoms. The second kappa shape index (κ2) is 5.52. The van der Waals surface area contributed by atoms with Crippen LogP contribution in [0.4, 0.5) is 0 Å². The maximum Gasteiger partial charge on any atom is 0.358 e. The third kappa shape index (κ3) is 3.10. The van der Waals surface area contributed by atoms with Gasteiger partial charge in [0.25, 0.3) is 0 Å². The van der Waals surface area contributed by atoms with E-state index in [1.54, 1.807) is 12.1 Å². The van der Waals surface area contributed by atoms with Gasteiger partial charge < -0.3 is 9.84 Å². The number of aromatic nitrogens is 1. The minimum atomic E-state index is -1.09. The predicted octanol–water partition coefficient (Wildman–Crippen LogP) is 2.98. The highest BCUT2D eigenvalue weighted by atomic mass is 16.5. The molecule has 98 valence electrons. The van der Waals surface area contributed by atoms with E-state index in [2.05, 4.69) is 4.98 Å². The van der Waals surface area contributed by atoms with Gasteiger partial charge in [0, 0.05) is 6.20 Å². The summed E-state index contributed by atoms with van der Waals surface area (Å²) in [7, 11) is 0. The lowest BCUT2D eigenvalue weighted by Crippen LogP contribution is -2.05. The van der Waals surface area contributed by atoms with E-state index >= 15 is 0 Å². The molecule has 0 saturated carbocycles. The van der Waals surface area contributed by atoms with Crippen molar-refractivity contribution in [3.63, 3.8) is 0 Å². The van der Waals surface area contributed by atoms with Crippen molar-refractivity contribution < 1.29 is 14.6 Å². The van der Waals surface area contributed by atoms with Gasteiger partial charge in [-0.25, -0.2) is 9.78 Å². The summed E-state index contributed by atoms with van der Waals surface area (Å²) in [5, 5.41) is 9.00. The highest BCUT2D eigenvalue weighted by molar-refractivity contribution is 5.88. The quantitative estimate of drug-likeness (QED) is 0.914. The van der Waals surface area contributed by atoms with Gasteiger partial charge in [0.1, 0.15) is 6.61 Å². The molecular weight excluding hydrogens is 242 g/mol. The minimum Gasteiger partial charge on any atom is -0.486 e. The number of benzene rings is 1. The lowest BCUT2D eigenvalue weighted by atomic mass is 10.1. The van der Waals surface area contributed by atoms with Crippen LogP contribution in [0.15, 0.2) is 36.5 Å². The number of carbonyl (C=O) groups is 1. The molecule has 4 heteroatoms. The van der Waals surface area contributed by atoms with Gasteiger partial charge in [-0.2, -0.15) is 0 Å². The van der Waals surface area contributed by atoms with Gasteiger partial charge in [0.15, 0.2) is 11.4 Å². The molecule has 0 atom stereocenters. The Balaban J connectivity index is 2.14. The molecule has 2 aromatic rings. The van der Waals surface area contributed by atoms with Crippen LogP contribution in [0.25, 0.3) is 0 Å². The molecule has 0 bridgehead atoms. The molecule has 4 nitrogen and oxygen atoms in total. The molecule has 0 aliphatic carbocycles. The molecule has 2 rings (SSSR count).